The van der Waals surface area contributed by atoms with Crippen LogP contribution in [0, 0.1) is 0 Å². The molecule has 0 radical (unpaired) electrons. The molecule has 0 aliphatic carbocycles. The molecule has 1 amide bonds. The Bertz CT molecular complexity index is 824. The summed E-state index contributed by atoms with van der Waals surface area (Å²) in [5.41, 5.74) is 0.645. The van der Waals surface area contributed by atoms with Crippen LogP contribution in [0.15, 0.2) is 65.6 Å². The highest BCUT2D eigenvalue weighted by molar-refractivity contribution is 7.89. The first-order chi connectivity index (χ1) is 12.6. The molecule has 1 saturated heterocycles. The van der Waals surface area contributed by atoms with Crippen molar-refractivity contribution in [2.45, 2.75) is 4.90 Å². The van der Waals surface area contributed by atoms with Crippen LogP contribution in [0.1, 0.15) is 10.4 Å². The van der Waals surface area contributed by atoms with Crippen LogP contribution in [0.4, 0.5) is 0 Å². The lowest BCUT2D eigenvalue weighted by Crippen LogP contribution is -2.50. The summed E-state index contributed by atoms with van der Waals surface area (Å²) in [6.07, 6.45) is 0. The average Bonchev–Trinajstić information content (AvgIpc) is 2.69. The number of halogens is 1. The van der Waals surface area contributed by atoms with Gasteiger partial charge in [0.15, 0.2) is 0 Å². The minimum absolute atomic E-state index is 0. The summed E-state index contributed by atoms with van der Waals surface area (Å²) < 4.78 is 26.7. The molecule has 2 aromatic rings. The Morgan fingerprint density at radius 1 is 0.889 bits per heavy atom. The minimum atomic E-state index is -3.42. The third-order valence-corrected chi connectivity index (χ3v) is 6.37. The highest BCUT2D eigenvalue weighted by Gasteiger charge is 2.28. The first-order valence-corrected chi connectivity index (χ1v) is 10.1. The summed E-state index contributed by atoms with van der Waals surface area (Å²) >= 11 is 0. The molecule has 3 rings (SSSR count). The Hall–Kier alpha value is -1.93. The standard InChI is InChI=1S/C19H23N3O3S.ClH/c23-19(17-7-3-1-4-8-17)20-11-12-21-13-15-22(16-14-21)26(24,25)18-9-5-2-6-10-18;/h1-10H,11-16H2,(H,20,23);1H. The van der Waals surface area contributed by atoms with Gasteiger partial charge in [-0.15, -0.1) is 12.4 Å². The summed E-state index contributed by atoms with van der Waals surface area (Å²) in [6.45, 7) is 3.49. The van der Waals surface area contributed by atoms with Gasteiger partial charge >= 0.3 is 0 Å². The zero-order chi connectivity index (χ0) is 18.4. The van der Waals surface area contributed by atoms with Crippen molar-refractivity contribution in [3.05, 3.63) is 66.2 Å². The van der Waals surface area contributed by atoms with Crippen LogP contribution >= 0.6 is 12.4 Å². The second kappa shape index (κ2) is 9.85. The number of hydrogen-bond acceptors (Lipinski definition) is 4. The maximum atomic E-state index is 12.6. The molecule has 8 heteroatoms. The van der Waals surface area contributed by atoms with E-state index < -0.39 is 10.0 Å². The summed E-state index contributed by atoms with van der Waals surface area (Å²) in [7, 11) is -3.42. The van der Waals surface area contributed by atoms with Crippen molar-refractivity contribution in [1.29, 1.82) is 0 Å². The van der Waals surface area contributed by atoms with Gasteiger partial charge in [0.2, 0.25) is 10.0 Å². The molecule has 1 aliphatic rings. The lowest BCUT2D eigenvalue weighted by Gasteiger charge is -2.33. The van der Waals surface area contributed by atoms with Crippen LogP contribution in [-0.4, -0.2) is 62.8 Å². The van der Waals surface area contributed by atoms with Gasteiger partial charge in [-0.3, -0.25) is 9.69 Å². The summed E-state index contributed by atoms with van der Waals surface area (Å²) in [6, 6.07) is 17.6. The van der Waals surface area contributed by atoms with Crippen molar-refractivity contribution >= 4 is 28.3 Å². The fraction of sp³-hybridized carbons (Fsp3) is 0.316. The molecule has 0 spiro atoms. The highest BCUT2D eigenvalue weighted by atomic mass is 35.5. The molecule has 6 nitrogen and oxygen atoms in total. The van der Waals surface area contributed by atoms with Gasteiger partial charge in [0.05, 0.1) is 4.90 Å². The van der Waals surface area contributed by atoms with E-state index in [1.165, 1.54) is 4.31 Å². The topological polar surface area (TPSA) is 69.7 Å². The van der Waals surface area contributed by atoms with E-state index in [2.05, 4.69) is 10.2 Å². The van der Waals surface area contributed by atoms with E-state index in [1.54, 1.807) is 42.5 Å². The number of rotatable bonds is 6. The molecule has 27 heavy (non-hydrogen) atoms. The van der Waals surface area contributed by atoms with Gasteiger partial charge in [-0.2, -0.15) is 4.31 Å². The molecular formula is C19H24ClN3O3S. The first-order valence-electron chi connectivity index (χ1n) is 8.68. The fourth-order valence-corrected chi connectivity index (χ4v) is 4.40. The molecule has 1 aliphatic heterocycles. The van der Waals surface area contributed by atoms with E-state index in [0.717, 1.165) is 0 Å². The number of amides is 1. The Kier molecular flexibility index (Phi) is 7.79. The number of piperazine rings is 1. The molecule has 1 N–H and O–H groups in total. The Morgan fingerprint density at radius 2 is 1.44 bits per heavy atom. The van der Waals surface area contributed by atoms with E-state index in [4.69, 9.17) is 0 Å². The molecule has 0 bridgehead atoms. The summed E-state index contributed by atoms with van der Waals surface area (Å²) in [5, 5.41) is 2.90. The third-order valence-electron chi connectivity index (χ3n) is 4.46. The van der Waals surface area contributed by atoms with Crippen molar-refractivity contribution in [3.63, 3.8) is 0 Å². The largest absolute Gasteiger partial charge is 0.351 e. The number of nitrogens with zero attached hydrogens (tertiary/aromatic N) is 2. The summed E-state index contributed by atoms with van der Waals surface area (Å²) in [4.78, 5) is 14.5. The molecule has 0 unspecified atom stereocenters. The Balaban J connectivity index is 0.00000261. The molecule has 0 atom stereocenters. The third kappa shape index (κ3) is 5.52. The lowest BCUT2D eigenvalue weighted by atomic mass is 10.2. The zero-order valence-electron chi connectivity index (χ0n) is 15.0. The quantitative estimate of drug-likeness (QED) is 0.790. The van der Waals surface area contributed by atoms with Crippen LogP contribution in [0.25, 0.3) is 0 Å². The number of hydrogen-bond donors (Lipinski definition) is 1. The van der Waals surface area contributed by atoms with Crippen molar-refractivity contribution < 1.29 is 13.2 Å². The maximum Gasteiger partial charge on any atom is 0.251 e. The van der Waals surface area contributed by atoms with Gasteiger partial charge in [0, 0.05) is 44.8 Å². The van der Waals surface area contributed by atoms with E-state index >= 15 is 0 Å². The molecule has 1 fully saturated rings. The SMILES string of the molecule is Cl.O=C(NCCN1CCN(S(=O)(=O)c2ccccc2)CC1)c1ccccc1. The van der Waals surface area contributed by atoms with E-state index in [-0.39, 0.29) is 18.3 Å². The molecular weight excluding hydrogens is 386 g/mol. The van der Waals surface area contributed by atoms with Crippen molar-refractivity contribution in [1.82, 2.24) is 14.5 Å². The van der Waals surface area contributed by atoms with Crippen molar-refractivity contribution in [3.8, 4) is 0 Å². The van der Waals surface area contributed by atoms with Gasteiger partial charge in [-0.25, -0.2) is 8.42 Å². The predicted octanol–water partition coefficient (Wildman–Crippen LogP) is 1.84. The average molecular weight is 410 g/mol. The lowest BCUT2D eigenvalue weighted by molar-refractivity contribution is 0.0945. The number of sulfonamides is 1. The molecule has 0 aromatic heterocycles. The monoisotopic (exact) mass is 409 g/mol. The maximum absolute atomic E-state index is 12.6. The number of nitrogens with one attached hydrogen (secondary N) is 1. The smallest absolute Gasteiger partial charge is 0.251 e. The van der Waals surface area contributed by atoms with Crippen LogP contribution in [0.2, 0.25) is 0 Å². The van der Waals surface area contributed by atoms with Gasteiger partial charge in [-0.05, 0) is 24.3 Å². The fourth-order valence-electron chi connectivity index (χ4n) is 2.95. The Labute approximate surface area is 166 Å². The van der Waals surface area contributed by atoms with Gasteiger partial charge in [0.1, 0.15) is 0 Å². The van der Waals surface area contributed by atoms with E-state index in [9.17, 15) is 13.2 Å². The highest BCUT2D eigenvalue weighted by Crippen LogP contribution is 2.16. The van der Waals surface area contributed by atoms with E-state index in [0.29, 0.717) is 49.7 Å². The van der Waals surface area contributed by atoms with Gasteiger partial charge < -0.3 is 5.32 Å². The van der Waals surface area contributed by atoms with Crippen LogP contribution in [-0.2, 0) is 10.0 Å². The van der Waals surface area contributed by atoms with Crippen LogP contribution < -0.4 is 5.32 Å². The molecule has 2 aromatic carbocycles. The second-order valence-corrected chi connectivity index (χ2v) is 8.12. The second-order valence-electron chi connectivity index (χ2n) is 6.18. The molecule has 1 heterocycles. The van der Waals surface area contributed by atoms with Gasteiger partial charge in [-0.1, -0.05) is 36.4 Å². The Morgan fingerprint density at radius 3 is 2.04 bits per heavy atom. The zero-order valence-corrected chi connectivity index (χ0v) is 16.6. The van der Waals surface area contributed by atoms with Crippen LogP contribution in [0.5, 0.6) is 0 Å². The van der Waals surface area contributed by atoms with Gasteiger partial charge in [0.25, 0.3) is 5.91 Å². The van der Waals surface area contributed by atoms with Crippen molar-refractivity contribution in [2.75, 3.05) is 39.3 Å². The first kappa shape index (κ1) is 21.4. The van der Waals surface area contributed by atoms with Crippen molar-refractivity contribution in [2.24, 2.45) is 0 Å². The summed E-state index contributed by atoms with van der Waals surface area (Å²) in [5.74, 6) is -0.0871. The number of carbonyl (C=O) groups excluding carboxylic acids is 1. The molecule has 0 saturated carbocycles. The van der Waals surface area contributed by atoms with E-state index in [1.807, 2.05) is 18.2 Å². The minimum Gasteiger partial charge on any atom is -0.351 e. The molecule has 146 valence electrons. The predicted molar refractivity (Wildman–Crippen MR) is 108 cm³/mol. The number of carbonyl (C=O) groups is 1. The van der Waals surface area contributed by atoms with Crippen LogP contribution in [0.3, 0.4) is 0 Å². The number of benzene rings is 2. The normalized spacial score (nSPS) is 15.7.